The zero-order valence-electron chi connectivity index (χ0n) is 13.1. The highest BCUT2D eigenvalue weighted by Gasteiger charge is 2.45. The molecule has 7 heteroatoms. The maximum absolute atomic E-state index is 11.5. The minimum absolute atomic E-state index is 0.143. The van der Waals surface area contributed by atoms with E-state index in [9.17, 15) is 10.1 Å². The average Bonchev–Trinajstić information content (AvgIpc) is 3.11. The van der Waals surface area contributed by atoms with E-state index in [0.29, 0.717) is 10.8 Å². The van der Waals surface area contributed by atoms with Crippen LogP contribution in [0, 0.1) is 10.1 Å². The molecule has 0 aliphatic carbocycles. The summed E-state index contributed by atoms with van der Waals surface area (Å²) in [6, 6.07) is 12.3. The normalized spacial score (nSPS) is 25.5. The second-order valence-corrected chi connectivity index (χ2v) is 7.36. The number of benzene rings is 1. The monoisotopic (exact) mass is 340 g/mol. The number of fused-ring (bicyclic) bond motifs is 1. The maximum atomic E-state index is 11.5. The van der Waals surface area contributed by atoms with Crippen LogP contribution in [0.15, 0.2) is 53.7 Å². The lowest BCUT2D eigenvalue weighted by Crippen LogP contribution is -2.29. The molecule has 1 fully saturated rings. The number of amidine groups is 1. The van der Waals surface area contributed by atoms with Crippen molar-refractivity contribution in [3.8, 4) is 0 Å². The Bertz CT molecular complexity index is 811. The Morgan fingerprint density at radius 2 is 2.04 bits per heavy atom. The standard InChI is InChI=1S/C17H16N4O2S/c1-11-10-20-16(12-6-2-3-8-14(12)21(22)23)15(19-17(20)24-11)13-7-4-5-9-18-13/h2-9,11,15-16H,10H2,1H3. The number of thioether (sulfide) groups is 1. The van der Waals surface area contributed by atoms with Crippen molar-refractivity contribution in [1.82, 2.24) is 9.88 Å². The summed E-state index contributed by atoms with van der Waals surface area (Å²) < 4.78 is 0. The van der Waals surface area contributed by atoms with Gasteiger partial charge in [-0.25, -0.2) is 0 Å². The van der Waals surface area contributed by atoms with E-state index < -0.39 is 0 Å². The van der Waals surface area contributed by atoms with Crippen LogP contribution in [0.5, 0.6) is 0 Å². The molecule has 3 atom stereocenters. The summed E-state index contributed by atoms with van der Waals surface area (Å²) in [4.78, 5) is 22.7. The number of nitrogens with zero attached hydrogens (tertiary/aromatic N) is 4. The van der Waals surface area contributed by atoms with Gasteiger partial charge in [-0.15, -0.1) is 0 Å². The van der Waals surface area contributed by atoms with Crippen molar-refractivity contribution in [2.45, 2.75) is 24.3 Å². The van der Waals surface area contributed by atoms with Crippen LogP contribution in [0.25, 0.3) is 0 Å². The molecule has 2 aromatic rings. The van der Waals surface area contributed by atoms with Crippen molar-refractivity contribution in [1.29, 1.82) is 0 Å². The summed E-state index contributed by atoms with van der Waals surface area (Å²) in [5, 5.41) is 12.9. The molecule has 6 nitrogen and oxygen atoms in total. The first-order chi connectivity index (χ1) is 11.6. The fourth-order valence-corrected chi connectivity index (χ4v) is 4.45. The summed E-state index contributed by atoms with van der Waals surface area (Å²) in [5.74, 6) is 0. The minimum Gasteiger partial charge on any atom is -0.340 e. The Morgan fingerprint density at radius 1 is 1.25 bits per heavy atom. The number of rotatable bonds is 3. The molecule has 122 valence electrons. The smallest absolute Gasteiger partial charge is 0.274 e. The highest BCUT2D eigenvalue weighted by atomic mass is 32.2. The third-order valence-electron chi connectivity index (χ3n) is 4.33. The number of nitro groups is 1. The van der Waals surface area contributed by atoms with Gasteiger partial charge in [0, 0.05) is 24.1 Å². The van der Waals surface area contributed by atoms with Gasteiger partial charge in [-0.1, -0.05) is 36.9 Å². The molecule has 1 aromatic heterocycles. The Hall–Kier alpha value is -2.41. The molecule has 1 saturated heterocycles. The van der Waals surface area contributed by atoms with Crippen molar-refractivity contribution < 1.29 is 4.92 Å². The molecule has 0 amide bonds. The van der Waals surface area contributed by atoms with Gasteiger partial charge in [0.15, 0.2) is 5.17 Å². The predicted molar refractivity (Wildman–Crippen MR) is 94.0 cm³/mol. The molecule has 2 aliphatic rings. The lowest BCUT2D eigenvalue weighted by molar-refractivity contribution is -0.386. The quantitative estimate of drug-likeness (QED) is 0.631. The molecule has 4 rings (SSSR count). The Kier molecular flexibility index (Phi) is 3.72. The van der Waals surface area contributed by atoms with Gasteiger partial charge >= 0.3 is 0 Å². The third kappa shape index (κ3) is 2.45. The minimum atomic E-state index is -0.310. The number of aliphatic imine (C=N–C) groups is 1. The van der Waals surface area contributed by atoms with E-state index in [2.05, 4.69) is 16.8 Å². The van der Waals surface area contributed by atoms with E-state index >= 15 is 0 Å². The first-order valence-electron chi connectivity index (χ1n) is 7.80. The van der Waals surface area contributed by atoms with Gasteiger partial charge < -0.3 is 4.90 Å². The predicted octanol–water partition coefficient (Wildman–Crippen LogP) is 3.58. The summed E-state index contributed by atoms with van der Waals surface area (Å²) in [6.45, 7) is 2.99. The SMILES string of the molecule is CC1CN2C(=NC(c3ccccn3)C2c2ccccc2[N+](=O)[O-])S1. The van der Waals surface area contributed by atoms with Crippen molar-refractivity contribution >= 4 is 22.6 Å². The summed E-state index contributed by atoms with van der Waals surface area (Å²) in [6.07, 6.45) is 1.74. The number of para-hydroxylation sites is 1. The van der Waals surface area contributed by atoms with E-state index in [1.807, 2.05) is 30.3 Å². The van der Waals surface area contributed by atoms with Crippen molar-refractivity contribution in [2.24, 2.45) is 4.99 Å². The van der Waals surface area contributed by atoms with E-state index in [-0.39, 0.29) is 22.7 Å². The number of hydrogen-bond donors (Lipinski definition) is 0. The van der Waals surface area contributed by atoms with E-state index in [1.165, 1.54) is 0 Å². The lowest BCUT2D eigenvalue weighted by atomic mass is 9.95. The molecule has 0 saturated carbocycles. The van der Waals surface area contributed by atoms with Gasteiger partial charge in [-0.3, -0.25) is 20.1 Å². The number of aromatic nitrogens is 1. The van der Waals surface area contributed by atoms with Crippen LogP contribution in [0.4, 0.5) is 5.69 Å². The van der Waals surface area contributed by atoms with Gasteiger partial charge in [-0.05, 0) is 18.2 Å². The molecule has 24 heavy (non-hydrogen) atoms. The van der Waals surface area contributed by atoms with Crippen molar-refractivity contribution in [3.05, 3.63) is 70.0 Å². The highest BCUT2D eigenvalue weighted by Crippen LogP contribution is 2.49. The third-order valence-corrected chi connectivity index (χ3v) is 5.44. The van der Waals surface area contributed by atoms with E-state index in [1.54, 1.807) is 30.1 Å². The number of nitro benzene ring substituents is 1. The van der Waals surface area contributed by atoms with Gasteiger partial charge in [0.2, 0.25) is 0 Å². The molecule has 1 aromatic carbocycles. The largest absolute Gasteiger partial charge is 0.340 e. The zero-order chi connectivity index (χ0) is 16.7. The van der Waals surface area contributed by atoms with Gasteiger partial charge in [0.1, 0.15) is 6.04 Å². The maximum Gasteiger partial charge on any atom is 0.274 e. The van der Waals surface area contributed by atoms with E-state index in [0.717, 1.165) is 17.4 Å². The second kappa shape index (κ2) is 5.90. The molecular formula is C17H16N4O2S. The topological polar surface area (TPSA) is 71.6 Å². The Balaban J connectivity index is 1.83. The summed E-state index contributed by atoms with van der Waals surface area (Å²) in [7, 11) is 0. The van der Waals surface area contributed by atoms with Crippen molar-refractivity contribution in [2.75, 3.05) is 6.54 Å². The van der Waals surface area contributed by atoms with Crippen LogP contribution in [-0.2, 0) is 0 Å². The van der Waals surface area contributed by atoms with Crippen LogP contribution < -0.4 is 0 Å². The fourth-order valence-electron chi connectivity index (χ4n) is 3.36. The number of pyridine rings is 1. The Labute approximate surface area is 143 Å². The molecule has 0 spiro atoms. The molecule has 0 N–H and O–H groups in total. The van der Waals surface area contributed by atoms with Crippen molar-refractivity contribution in [3.63, 3.8) is 0 Å². The molecule has 0 radical (unpaired) electrons. The number of hydrogen-bond acceptors (Lipinski definition) is 6. The first kappa shape index (κ1) is 15.1. The van der Waals surface area contributed by atoms with Crippen LogP contribution in [0.3, 0.4) is 0 Å². The van der Waals surface area contributed by atoms with E-state index in [4.69, 9.17) is 4.99 Å². The van der Waals surface area contributed by atoms with Crippen LogP contribution in [0.2, 0.25) is 0 Å². The molecule has 3 unspecified atom stereocenters. The lowest BCUT2D eigenvalue weighted by Gasteiger charge is -2.27. The highest BCUT2D eigenvalue weighted by molar-refractivity contribution is 8.14. The molecule has 2 aliphatic heterocycles. The first-order valence-corrected chi connectivity index (χ1v) is 8.68. The Morgan fingerprint density at radius 3 is 2.79 bits per heavy atom. The molecule has 3 heterocycles. The summed E-state index contributed by atoms with van der Waals surface area (Å²) >= 11 is 1.73. The molecular weight excluding hydrogens is 324 g/mol. The van der Waals surface area contributed by atoms with Crippen LogP contribution >= 0.6 is 11.8 Å². The van der Waals surface area contributed by atoms with Gasteiger partial charge in [0.25, 0.3) is 5.69 Å². The van der Waals surface area contributed by atoms with Gasteiger partial charge in [-0.2, -0.15) is 0 Å². The van der Waals surface area contributed by atoms with Crippen LogP contribution in [0.1, 0.15) is 30.3 Å². The summed E-state index contributed by atoms with van der Waals surface area (Å²) in [5.41, 5.74) is 1.69. The van der Waals surface area contributed by atoms with Crippen LogP contribution in [-0.4, -0.2) is 31.8 Å². The van der Waals surface area contributed by atoms with Gasteiger partial charge in [0.05, 0.1) is 22.2 Å². The average molecular weight is 340 g/mol. The zero-order valence-corrected chi connectivity index (χ0v) is 13.9. The fraction of sp³-hybridized carbons (Fsp3) is 0.294. The molecule has 0 bridgehead atoms. The second-order valence-electron chi connectivity index (χ2n) is 5.95.